The monoisotopic (exact) mass is 426 g/mol. The highest BCUT2D eigenvalue weighted by molar-refractivity contribution is 5.89. The fraction of sp³-hybridized carbons (Fsp3) is 0.152. The molecule has 4 rings (SSSR count). The van der Waals surface area contributed by atoms with Crippen LogP contribution in [0.25, 0.3) is 39.5 Å². The third-order valence-electron chi connectivity index (χ3n) is 6.78. The summed E-state index contributed by atoms with van der Waals surface area (Å²) in [7, 11) is 0. The molecule has 0 atom stereocenters. The van der Waals surface area contributed by atoms with Crippen LogP contribution in [0.2, 0.25) is 0 Å². The standard InChI is InChI=1S/C33H30/c1-7-8-14-31-26(6)32(30-16-15-22(2)23(3)21-30)24(4)25(5)33(31)29-19-17-28(18-20-29)27-12-10-9-11-13-27/h1,8-21H,2-6H3/b14-8-. The molecule has 0 aliphatic heterocycles. The van der Waals surface area contributed by atoms with E-state index in [-0.39, 0.29) is 0 Å². The van der Waals surface area contributed by atoms with Crippen LogP contribution in [0.3, 0.4) is 0 Å². The first-order valence-corrected chi connectivity index (χ1v) is 11.4. The summed E-state index contributed by atoms with van der Waals surface area (Å²) in [5.41, 5.74) is 15.2. The Balaban J connectivity index is 1.93. The van der Waals surface area contributed by atoms with Gasteiger partial charge >= 0.3 is 0 Å². The van der Waals surface area contributed by atoms with E-state index in [9.17, 15) is 0 Å². The normalized spacial score (nSPS) is 11.0. The van der Waals surface area contributed by atoms with Gasteiger partial charge in [-0.15, -0.1) is 6.42 Å². The number of aryl methyl sites for hydroxylation is 2. The number of hydrogen-bond donors (Lipinski definition) is 0. The second-order valence-electron chi connectivity index (χ2n) is 8.78. The Morgan fingerprint density at radius 3 is 1.79 bits per heavy atom. The SMILES string of the molecule is C#C/C=C\c1c(C)c(-c2ccc(C)c(C)c2)c(C)c(C)c1-c1ccc(-c2ccccc2)cc1. The van der Waals surface area contributed by atoms with Gasteiger partial charge in [0.05, 0.1) is 0 Å². The number of terminal acetylenes is 1. The van der Waals surface area contributed by atoms with Gasteiger partial charge in [-0.3, -0.25) is 0 Å². The van der Waals surface area contributed by atoms with E-state index < -0.39 is 0 Å². The molecule has 0 spiro atoms. The summed E-state index contributed by atoms with van der Waals surface area (Å²) in [6.07, 6.45) is 9.51. The second kappa shape index (κ2) is 9.35. The molecule has 0 saturated heterocycles. The number of benzene rings is 4. The van der Waals surface area contributed by atoms with Gasteiger partial charge in [0.1, 0.15) is 0 Å². The van der Waals surface area contributed by atoms with Crippen LogP contribution >= 0.6 is 0 Å². The predicted octanol–water partition coefficient (Wildman–Crippen LogP) is 8.88. The molecule has 0 aromatic heterocycles. The Kier molecular flexibility index (Phi) is 6.34. The lowest BCUT2D eigenvalue weighted by Crippen LogP contribution is -2.01. The second-order valence-corrected chi connectivity index (χ2v) is 8.78. The molecule has 0 amide bonds. The summed E-state index contributed by atoms with van der Waals surface area (Å²) < 4.78 is 0. The third kappa shape index (κ3) is 4.28. The molecular weight excluding hydrogens is 396 g/mol. The summed E-state index contributed by atoms with van der Waals surface area (Å²) in [5, 5.41) is 0. The van der Waals surface area contributed by atoms with Gasteiger partial charge in [-0.05, 0) is 114 Å². The van der Waals surface area contributed by atoms with Crippen LogP contribution in [0, 0.1) is 47.0 Å². The van der Waals surface area contributed by atoms with Crippen molar-refractivity contribution in [1.29, 1.82) is 0 Å². The van der Waals surface area contributed by atoms with Crippen molar-refractivity contribution >= 4 is 6.08 Å². The van der Waals surface area contributed by atoms with Crippen molar-refractivity contribution in [3.63, 3.8) is 0 Å². The fourth-order valence-corrected chi connectivity index (χ4v) is 4.68. The van der Waals surface area contributed by atoms with Gasteiger partial charge in [0, 0.05) is 0 Å². The molecule has 0 N–H and O–H groups in total. The molecule has 162 valence electrons. The molecule has 0 fully saturated rings. The van der Waals surface area contributed by atoms with Gasteiger partial charge in [-0.25, -0.2) is 0 Å². The quantitative estimate of drug-likeness (QED) is 0.286. The molecule has 0 heteroatoms. The molecule has 0 unspecified atom stereocenters. The number of allylic oxidation sites excluding steroid dienone is 1. The topological polar surface area (TPSA) is 0 Å². The van der Waals surface area contributed by atoms with Crippen molar-refractivity contribution in [1.82, 2.24) is 0 Å². The highest BCUT2D eigenvalue weighted by Crippen LogP contribution is 2.41. The lowest BCUT2D eigenvalue weighted by Gasteiger charge is -2.22. The van der Waals surface area contributed by atoms with Gasteiger partial charge < -0.3 is 0 Å². The molecule has 0 bridgehead atoms. The molecule has 0 aliphatic carbocycles. The zero-order chi connectivity index (χ0) is 23.5. The third-order valence-corrected chi connectivity index (χ3v) is 6.78. The van der Waals surface area contributed by atoms with Gasteiger partial charge in [0.25, 0.3) is 0 Å². The van der Waals surface area contributed by atoms with Crippen molar-refractivity contribution < 1.29 is 0 Å². The maximum Gasteiger partial charge on any atom is -0.00762 e. The Bertz CT molecular complexity index is 1380. The number of rotatable bonds is 4. The van der Waals surface area contributed by atoms with E-state index in [0.29, 0.717) is 0 Å². The van der Waals surface area contributed by atoms with Crippen LogP contribution in [-0.4, -0.2) is 0 Å². The van der Waals surface area contributed by atoms with Gasteiger partial charge in [0.15, 0.2) is 0 Å². The summed E-state index contributed by atoms with van der Waals surface area (Å²) in [4.78, 5) is 0. The molecule has 33 heavy (non-hydrogen) atoms. The van der Waals surface area contributed by atoms with E-state index in [2.05, 4.69) is 113 Å². The lowest BCUT2D eigenvalue weighted by atomic mass is 9.82. The van der Waals surface area contributed by atoms with E-state index in [4.69, 9.17) is 6.42 Å². The fourth-order valence-electron chi connectivity index (χ4n) is 4.68. The zero-order valence-corrected chi connectivity index (χ0v) is 20.2. The van der Waals surface area contributed by atoms with Crippen LogP contribution < -0.4 is 0 Å². The summed E-state index contributed by atoms with van der Waals surface area (Å²) >= 11 is 0. The summed E-state index contributed by atoms with van der Waals surface area (Å²) in [6, 6.07) is 26.1. The van der Waals surface area contributed by atoms with E-state index in [0.717, 1.165) is 0 Å². The van der Waals surface area contributed by atoms with Crippen molar-refractivity contribution in [3.8, 4) is 45.7 Å². The number of hydrogen-bond acceptors (Lipinski definition) is 0. The molecule has 4 aromatic rings. The molecular formula is C33H30. The van der Waals surface area contributed by atoms with E-state index in [1.807, 2.05) is 12.1 Å². The van der Waals surface area contributed by atoms with Gasteiger partial charge in [-0.2, -0.15) is 0 Å². The van der Waals surface area contributed by atoms with Crippen molar-refractivity contribution in [2.75, 3.05) is 0 Å². The van der Waals surface area contributed by atoms with E-state index >= 15 is 0 Å². The van der Waals surface area contributed by atoms with Gasteiger partial charge in [0.2, 0.25) is 0 Å². The molecule has 0 nitrogen and oxygen atoms in total. The average Bonchev–Trinajstić information content (AvgIpc) is 2.83. The van der Waals surface area contributed by atoms with Crippen LogP contribution in [0.4, 0.5) is 0 Å². The molecule has 4 aromatic carbocycles. The minimum absolute atomic E-state index is 1.19. The van der Waals surface area contributed by atoms with Crippen LogP contribution in [-0.2, 0) is 0 Å². The van der Waals surface area contributed by atoms with Crippen LogP contribution in [0.5, 0.6) is 0 Å². The summed E-state index contributed by atoms with van der Waals surface area (Å²) in [6.45, 7) is 11.0. The van der Waals surface area contributed by atoms with Crippen molar-refractivity contribution in [3.05, 3.63) is 112 Å². The maximum atomic E-state index is 5.62. The van der Waals surface area contributed by atoms with Crippen molar-refractivity contribution in [2.24, 2.45) is 0 Å². The Labute approximate surface area is 198 Å². The Morgan fingerprint density at radius 1 is 0.576 bits per heavy atom. The van der Waals surface area contributed by atoms with E-state index in [1.54, 1.807) is 0 Å². The first kappa shape index (κ1) is 22.4. The molecule has 0 radical (unpaired) electrons. The highest BCUT2D eigenvalue weighted by atomic mass is 14.2. The predicted molar refractivity (Wildman–Crippen MR) is 144 cm³/mol. The molecule has 0 heterocycles. The minimum atomic E-state index is 1.19. The molecule has 0 saturated carbocycles. The Hall–Kier alpha value is -3.82. The zero-order valence-electron chi connectivity index (χ0n) is 20.2. The van der Waals surface area contributed by atoms with Gasteiger partial charge in [-0.1, -0.05) is 78.7 Å². The summed E-state index contributed by atoms with van der Waals surface area (Å²) in [5.74, 6) is 2.68. The first-order chi connectivity index (χ1) is 15.9. The van der Waals surface area contributed by atoms with Crippen LogP contribution in [0.15, 0.2) is 78.9 Å². The minimum Gasteiger partial charge on any atom is -0.115 e. The molecule has 0 aliphatic rings. The highest BCUT2D eigenvalue weighted by Gasteiger charge is 2.18. The van der Waals surface area contributed by atoms with E-state index in [1.165, 1.54) is 66.8 Å². The average molecular weight is 427 g/mol. The van der Waals surface area contributed by atoms with Crippen molar-refractivity contribution in [2.45, 2.75) is 34.6 Å². The smallest absolute Gasteiger partial charge is 0.00762 e. The van der Waals surface area contributed by atoms with Crippen LogP contribution in [0.1, 0.15) is 33.4 Å². The Morgan fingerprint density at radius 2 is 1.15 bits per heavy atom. The lowest BCUT2D eigenvalue weighted by molar-refractivity contribution is 1.27. The maximum absolute atomic E-state index is 5.62. The largest absolute Gasteiger partial charge is 0.115 e. The first-order valence-electron chi connectivity index (χ1n) is 11.4.